The summed E-state index contributed by atoms with van der Waals surface area (Å²) in [7, 11) is 1.28. The van der Waals surface area contributed by atoms with Crippen LogP contribution in [0.5, 0.6) is 0 Å². The zero-order valence-electron chi connectivity index (χ0n) is 18.6. The maximum absolute atomic E-state index is 12.2. The van der Waals surface area contributed by atoms with E-state index < -0.39 is 30.1 Å². The van der Waals surface area contributed by atoms with E-state index in [1.165, 1.54) is 26.4 Å². The lowest BCUT2D eigenvalue weighted by atomic mass is 10.1. The van der Waals surface area contributed by atoms with Gasteiger partial charge in [-0.05, 0) is 12.0 Å². The third-order valence-corrected chi connectivity index (χ3v) is 4.78. The van der Waals surface area contributed by atoms with Crippen molar-refractivity contribution in [2.24, 2.45) is 0 Å². The molecular formula is C23H36N2O6. The van der Waals surface area contributed by atoms with Gasteiger partial charge in [0.2, 0.25) is 5.91 Å². The number of amides is 2. The van der Waals surface area contributed by atoms with Crippen LogP contribution in [-0.2, 0) is 25.7 Å². The van der Waals surface area contributed by atoms with Crippen molar-refractivity contribution in [3.05, 3.63) is 35.9 Å². The summed E-state index contributed by atoms with van der Waals surface area (Å²) in [6.07, 6.45) is 4.89. The number of aliphatic hydroxyl groups excluding tert-OH is 1. The van der Waals surface area contributed by atoms with E-state index in [-0.39, 0.29) is 19.6 Å². The number of alkyl carbamates (subject to hydrolysis) is 1. The number of hydrogen-bond acceptors (Lipinski definition) is 6. The van der Waals surface area contributed by atoms with Crippen LogP contribution in [0.2, 0.25) is 0 Å². The molecule has 0 aromatic heterocycles. The minimum Gasteiger partial charge on any atom is -0.467 e. The molecule has 0 aliphatic rings. The molecule has 0 saturated carbocycles. The normalized spacial score (nSPS) is 12.5. The quantitative estimate of drug-likeness (QED) is 0.288. The van der Waals surface area contributed by atoms with Crippen LogP contribution in [0.1, 0.15) is 63.9 Å². The predicted molar refractivity (Wildman–Crippen MR) is 117 cm³/mol. The van der Waals surface area contributed by atoms with Crippen molar-refractivity contribution in [3.63, 3.8) is 0 Å². The van der Waals surface area contributed by atoms with Gasteiger partial charge >= 0.3 is 12.1 Å². The second-order valence-corrected chi connectivity index (χ2v) is 7.50. The zero-order valence-corrected chi connectivity index (χ0v) is 18.6. The van der Waals surface area contributed by atoms with Crippen molar-refractivity contribution < 1.29 is 29.0 Å². The van der Waals surface area contributed by atoms with Gasteiger partial charge in [-0.2, -0.15) is 0 Å². The summed E-state index contributed by atoms with van der Waals surface area (Å²) in [5.74, 6) is -0.979. The number of hydrogen-bond donors (Lipinski definition) is 3. The second-order valence-electron chi connectivity index (χ2n) is 7.50. The Hall–Kier alpha value is -2.61. The average molecular weight is 437 g/mol. The van der Waals surface area contributed by atoms with Gasteiger partial charge in [0.15, 0.2) is 0 Å². The number of aliphatic hydroxyl groups is 1. The standard InChI is InChI=1S/C23H36N2O6/c1-3-4-5-6-7-11-14-20(22(28)30-2)25-21(27)15-19(26)16-24-23(29)31-17-18-12-9-8-10-13-18/h8-10,12-13,19-20,26H,3-7,11,14-17H2,1-2H3,(H,24,29)(H,25,27)/t19-,20+/m0/s1. The number of carbonyl (C=O) groups excluding carboxylic acids is 3. The van der Waals surface area contributed by atoms with Crippen LogP contribution < -0.4 is 10.6 Å². The van der Waals surface area contributed by atoms with E-state index in [1.807, 2.05) is 30.3 Å². The summed E-state index contributed by atoms with van der Waals surface area (Å²) < 4.78 is 9.82. The predicted octanol–water partition coefficient (Wildman–Crippen LogP) is 3.07. The molecule has 0 heterocycles. The van der Waals surface area contributed by atoms with Crippen LogP contribution in [0.3, 0.4) is 0 Å². The van der Waals surface area contributed by atoms with Crippen molar-refractivity contribution in [1.82, 2.24) is 10.6 Å². The largest absolute Gasteiger partial charge is 0.467 e. The third kappa shape index (κ3) is 12.6. The van der Waals surface area contributed by atoms with Crippen LogP contribution in [0, 0.1) is 0 Å². The van der Waals surface area contributed by atoms with Gasteiger partial charge in [-0.1, -0.05) is 75.8 Å². The van der Waals surface area contributed by atoms with E-state index in [9.17, 15) is 19.5 Å². The molecule has 8 heteroatoms. The fourth-order valence-corrected chi connectivity index (χ4v) is 3.03. The van der Waals surface area contributed by atoms with E-state index in [0.29, 0.717) is 6.42 Å². The molecule has 0 saturated heterocycles. The molecule has 31 heavy (non-hydrogen) atoms. The summed E-state index contributed by atoms with van der Waals surface area (Å²) in [4.78, 5) is 35.8. The molecule has 3 N–H and O–H groups in total. The first-order chi connectivity index (χ1) is 15.0. The molecule has 1 aromatic carbocycles. The Morgan fingerprint density at radius 2 is 1.71 bits per heavy atom. The molecule has 0 unspecified atom stereocenters. The molecule has 2 amide bonds. The number of methoxy groups -OCH3 is 1. The first-order valence-corrected chi connectivity index (χ1v) is 11.0. The Labute approximate surface area is 184 Å². The Balaban J connectivity index is 2.29. The molecule has 0 radical (unpaired) electrons. The van der Waals surface area contributed by atoms with Crippen molar-refractivity contribution in [2.75, 3.05) is 13.7 Å². The third-order valence-electron chi connectivity index (χ3n) is 4.78. The average Bonchev–Trinajstić information content (AvgIpc) is 2.77. The first-order valence-electron chi connectivity index (χ1n) is 11.0. The van der Waals surface area contributed by atoms with Gasteiger partial charge in [0, 0.05) is 6.54 Å². The van der Waals surface area contributed by atoms with Gasteiger partial charge < -0.3 is 25.2 Å². The molecule has 8 nitrogen and oxygen atoms in total. The van der Waals surface area contributed by atoms with Crippen LogP contribution in [0.25, 0.3) is 0 Å². The van der Waals surface area contributed by atoms with Crippen molar-refractivity contribution in [1.29, 1.82) is 0 Å². The molecule has 174 valence electrons. The lowest BCUT2D eigenvalue weighted by Crippen LogP contribution is -2.43. The number of nitrogens with one attached hydrogen (secondary N) is 2. The van der Waals surface area contributed by atoms with Gasteiger partial charge in [0.05, 0.1) is 19.6 Å². The highest BCUT2D eigenvalue weighted by atomic mass is 16.5. The Bertz CT molecular complexity index is 653. The highest BCUT2D eigenvalue weighted by Gasteiger charge is 2.22. The first kappa shape index (κ1) is 26.4. The number of esters is 1. The lowest BCUT2D eigenvalue weighted by Gasteiger charge is -2.18. The van der Waals surface area contributed by atoms with Crippen LogP contribution in [0.15, 0.2) is 30.3 Å². The summed E-state index contributed by atoms with van der Waals surface area (Å²) in [5.41, 5.74) is 0.844. The fourth-order valence-electron chi connectivity index (χ4n) is 3.03. The van der Waals surface area contributed by atoms with Crippen LogP contribution >= 0.6 is 0 Å². The molecule has 2 atom stereocenters. The molecule has 1 aromatic rings. The fraction of sp³-hybridized carbons (Fsp3) is 0.609. The van der Waals surface area contributed by atoms with Crippen LogP contribution in [-0.4, -0.2) is 48.9 Å². The highest BCUT2D eigenvalue weighted by Crippen LogP contribution is 2.10. The highest BCUT2D eigenvalue weighted by molar-refractivity contribution is 5.84. The van der Waals surface area contributed by atoms with Gasteiger partial charge in [0.25, 0.3) is 0 Å². The Morgan fingerprint density at radius 3 is 2.39 bits per heavy atom. The van der Waals surface area contributed by atoms with Gasteiger partial charge in [-0.15, -0.1) is 0 Å². The van der Waals surface area contributed by atoms with Crippen LogP contribution in [0.4, 0.5) is 4.79 Å². The van der Waals surface area contributed by atoms with E-state index >= 15 is 0 Å². The number of ether oxygens (including phenoxy) is 2. The summed E-state index contributed by atoms with van der Waals surface area (Å²) in [6, 6.07) is 8.47. The van der Waals surface area contributed by atoms with E-state index in [0.717, 1.165) is 24.8 Å². The molecule has 0 aliphatic heterocycles. The minimum absolute atomic E-state index is 0.114. The molecule has 1 rings (SSSR count). The maximum atomic E-state index is 12.2. The van der Waals surface area contributed by atoms with Crippen molar-refractivity contribution >= 4 is 18.0 Å². The molecule has 0 aliphatic carbocycles. The molecule has 0 fully saturated rings. The van der Waals surface area contributed by atoms with E-state index in [1.54, 1.807) is 0 Å². The lowest BCUT2D eigenvalue weighted by molar-refractivity contribution is -0.145. The van der Waals surface area contributed by atoms with Gasteiger partial charge in [-0.25, -0.2) is 9.59 Å². The number of unbranched alkanes of at least 4 members (excludes halogenated alkanes) is 5. The zero-order chi connectivity index (χ0) is 22.9. The van der Waals surface area contributed by atoms with E-state index in [4.69, 9.17) is 9.47 Å². The molecule has 0 bridgehead atoms. The Morgan fingerprint density at radius 1 is 1.03 bits per heavy atom. The topological polar surface area (TPSA) is 114 Å². The van der Waals surface area contributed by atoms with E-state index in [2.05, 4.69) is 17.6 Å². The monoisotopic (exact) mass is 436 g/mol. The Kier molecular flexibility index (Phi) is 13.7. The van der Waals surface area contributed by atoms with Crippen molar-refractivity contribution in [3.8, 4) is 0 Å². The number of carbonyl (C=O) groups is 3. The molecular weight excluding hydrogens is 400 g/mol. The summed E-state index contributed by atoms with van der Waals surface area (Å²) in [5, 5.41) is 15.1. The van der Waals surface area contributed by atoms with Gasteiger partial charge in [0.1, 0.15) is 12.6 Å². The second kappa shape index (κ2) is 16.1. The number of benzene rings is 1. The SMILES string of the molecule is CCCCCCCC[C@@H](NC(=O)C[C@H](O)CNC(=O)OCc1ccccc1)C(=O)OC. The van der Waals surface area contributed by atoms with Crippen molar-refractivity contribution in [2.45, 2.75) is 77.0 Å². The maximum Gasteiger partial charge on any atom is 0.407 e. The summed E-state index contributed by atoms with van der Waals surface area (Å²) >= 11 is 0. The molecule has 0 spiro atoms. The van der Waals surface area contributed by atoms with Gasteiger partial charge in [-0.3, -0.25) is 4.79 Å². The number of rotatable bonds is 15. The minimum atomic E-state index is -1.10. The smallest absolute Gasteiger partial charge is 0.407 e. The summed E-state index contributed by atoms with van der Waals surface area (Å²) in [6.45, 7) is 2.13.